The van der Waals surface area contributed by atoms with Crippen LogP contribution in [0.5, 0.6) is 0 Å². The van der Waals surface area contributed by atoms with E-state index < -0.39 is 5.97 Å². The van der Waals surface area contributed by atoms with Crippen molar-refractivity contribution < 1.29 is 19.4 Å². The number of benzene rings is 1. The second-order valence-electron chi connectivity index (χ2n) is 6.34. The molecule has 3 rings (SSSR count). The van der Waals surface area contributed by atoms with E-state index in [1.165, 1.54) is 12.1 Å². The van der Waals surface area contributed by atoms with E-state index in [0.717, 1.165) is 11.1 Å². The number of ether oxygens (including phenoxy) is 1. The summed E-state index contributed by atoms with van der Waals surface area (Å²) < 4.78 is 7.56. The molecule has 2 aromatic rings. The molecule has 1 aromatic heterocycles. The fraction of sp³-hybridized carbons (Fsp3) is 0.389. The molecular formula is C18H22N4O4. The highest BCUT2D eigenvalue weighted by Gasteiger charge is 2.24. The number of aryl methyl sites for hydroxylation is 1. The molecule has 138 valence electrons. The molecule has 1 aromatic carbocycles. The number of nitrogens with zero attached hydrogens (tertiary/aromatic N) is 3. The first kappa shape index (κ1) is 17.9. The molecule has 1 aliphatic rings. The summed E-state index contributed by atoms with van der Waals surface area (Å²) in [6.45, 7) is 4.47. The molecule has 2 heterocycles. The fourth-order valence-corrected chi connectivity index (χ4v) is 2.84. The lowest BCUT2D eigenvalue weighted by atomic mass is 10.1. The number of nitrogens with one attached hydrogen (secondary N) is 1. The van der Waals surface area contributed by atoms with Gasteiger partial charge in [-0.1, -0.05) is 12.1 Å². The normalized spacial score (nSPS) is 17.1. The molecule has 0 spiro atoms. The Bertz CT molecular complexity index is 772. The third-order valence-electron chi connectivity index (χ3n) is 4.22. The number of morpholine rings is 1. The summed E-state index contributed by atoms with van der Waals surface area (Å²) in [6.07, 6.45) is 3.65. The molecule has 1 atom stereocenters. The van der Waals surface area contributed by atoms with Crippen molar-refractivity contribution in [1.82, 2.24) is 20.0 Å². The predicted molar refractivity (Wildman–Crippen MR) is 93.9 cm³/mol. The van der Waals surface area contributed by atoms with Gasteiger partial charge in [-0.2, -0.15) is 5.10 Å². The maximum atomic E-state index is 12.4. The number of rotatable bonds is 5. The Morgan fingerprint density at radius 1 is 1.35 bits per heavy atom. The summed E-state index contributed by atoms with van der Waals surface area (Å²) in [7, 11) is 0. The molecule has 8 heteroatoms. The number of carbonyl (C=O) groups is 2. The van der Waals surface area contributed by atoms with Gasteiger partial charge in [-0.15, -0.1) is 0 Å². The van der Waals surface area contributed by atoms with Crippen LogP contribution >= 0.6 is 0 Å². The van der Waals surface area contributed by atoms with Crippen LogP contribution in [0.15, 0.2) is 36.7 Å². The Hall–Kier alpha value is -2.87. The van der Waals surface area contributed by atoms with Crippen molar-refractivity contribution in [2.75, 3.05) is 19.7 Å². The van der Waals surface area contributed by atoms with Crippen LogP contribution in [-0.2, 0) is 17.8 Å². The van der Waals surface area contributed by atoms with Crippen molar-refractivity contribution in [1.29, 1.82) is 0 Å². The van der Waals surface area contributed by atoms with Crippen LogP contribution in [0.25, 0.3) is 0 Å². The lowest BCUT2D eigenvalue weighted by molar-refractivity contribution is -0.0237. The van der Waals surface area contributed by atoms with Gasteiger partial charge in [0.25, 0.3) is 0 Å². The smallest absolute Gasteiger partial charge is 0.335 e. The molecule has 26 heavy (non-hydrogen) atoms. The van der Waals surface area contributed by atoms with E-state index in [0.29, 0.717) is 32.8 Å². The van der Waals surface area contributed by atoms with E-state index in [4.69, 9.17) is 9.84 Å². The van der Waals surface area contributed by atoms with Crippen LogP contribution in [0.2, 0.25) is 0 Å². The second kappa shape index (κ2) is 8.01. The van der Waals surface area contributed by atoms with E-state index in [9.17, 15) is 9.59 Å². The third kappa shape index (κ3) is 4.60. The minimum atomic E-state index is -0.965. The Morgan fingerprint density at radius 3 is 2.77 bits per heavy atom. The Morgan fingerprint density at radius 2 is 2.12 bits per heavy atom. The first-order valence-corrected chi connectivity index (χ1v) is 8.47. The SMILES string of the molecule is Cc1cnn(CC2CN(C(=O)NCc3ccc(C(=O)O)cc3)CCO2)c1. The molecule has 0 radical (unpaired) electrons. The molecule has 1 aliphatic heterocycles. The van der Waals surface area contributed by atoms with E-state index in [1.807, 2.05) is 17.8 Å². The minimum Gasteiger partial charge on any atom is -0.478 e. The topological polar surface area (TPSA) is 96.7 Å². The zero-order valence-electron chi connectivity index (χ0n) is 14.6. The summed E-state index contributed by atoms with van der Waals surface area (Å²) in [5.41, 5.74) is 2.16. The average Bonchev–Trinajstić information content (AvgIpc) is 3.05. The Labute approximate surface area is 151 Å². The summed E-state index contributed by atoms with van der Waals surface area (Å²) in [4.78, 5) is 25.0. The van der Waals surface area contributed by atoms with Crippen LogP contribution in [0.3, 0.4) is 0 Å². The number of hydrogen-bond acceptors (Lipinski definition) is 4. The zero-order valence-corrected chi connectivity index (χ0v) is 14.6. The Balaban J connectivity index is 1.49. The number of carboxylic acid groups (broad SMARTS) is 1. The second-order valence-corrected chi connectivity index (χ2v) is 6.34. The molecule has 0 saturated carbocycles. The van der Waals surface area contributed by atoms with Gasteiger partial charge >= 0.3 is 12.0 Å². The number of carbonyl (C=O) groups excluding carboxylic acids is 1. The van der Waals surface area contributed by atoms with Gasteiger partial charge in [0.1, 0.15) is 0 Å². The highest BCUT2D eigenvalue weighted by molar-refractivity contribution is 5.87. The van der Waals surface area contributed by atoms with Crippen LogP contribution in [-0.4, -0.2) is 57.6 Å². The highest BCUT2D eigenvalue weighted by atomic mass is 16.5. The average molecular weight is 358 g/mol. The molecular weight excluding hydrogens is 336 g/mol. The first-order chi connectivity index (χ1) is 12.5. The van der Waals surface area contributed by atoms with E-state index in [-0.39, 0.29) is 17.7 Å². The minimum absolute atomic E-state index is 0.0938. The maximum absolute atomic E-state index is 12.4. The van der Waals surface area contributed by atoms with Crippen molar-refractivity contribution in [3.05, 3.63) is 53.3 Å². The lowest BCUT2D eigenvalue weighted by Gasteiger charge is -2.33. The third-order valence-corrected chi connectivity index (χ3v) is 4.22. The Kier molecular flexibility index (Phi) is 5.52. The van der Waals surface area contributed by atoms with E-state index in [2.05, 4.69) is 10.4 Å². The molecule has 2 amide bonds. The molecule has 1 fully saturated rings. The van der Waals surface area contributed by atoms with E-state index in [1.54, 1.807) is 23.2 Å². The van der Waals surface area contributed by atoms with Gasteiger partial charge < -0.3 is 20.1 Å². The largest absolute Gasteiger partial charge is 0.478 e. The van der Waals surface area contributed by atoms with Crippen molar-refractivity contribution in [2.45, 2.75) is 26.1 Å². The maximum Gasteiger partial charge on any atom is 0.335 e. The van der Waals surface area contributed by atoms with Gasteiger partial charge in [0.2, 0.25) is 0 Å². The summed E-state index contributed by atoms with van der Waals surface area (Å²) in [5, 5.41) is 16.0. The van der Waals surface area contributed by atoms with Gasteiger partial charge in [0.15, 0.2) is 0 Å². The monoisotopic (exact) mass is 358 g/mol. The summed E-state index contributed by atoms with van der Waals surface area (Å²) >= 11 is 0. The van der Waals surface area contributed by atoms with Crippen LogP contribution in [0.4, 0.5) is 4.79 Å². The fourth-order valence-electron chi connectivity index (χ4n) is 2.84. The number of urea groups is 1. The number of hydrogen-bond donors (Lipinski definition) is 2. The standard InChI is InChI=1S/C18H22N4O4/c1-13-8-20-22(10-13)12-16-11-21(6-7-26-16)18(25)19-9-14-2-4-15(5-3-14)17(23)24/h2-5,8,10,16H,6-7,9,11-12H2,1H3,(H,19,25)(H,23,24). The number of aromatic nitrogens is 2. The summed E-state index contributed by atoms with van der Waals surface area (Å²) in [6, 6.07) is 6.30. The molecule has 8 nitrogen and oxygen atoms in total. The molecule has 2 N–H and O–H groups in total. The van der Waals surface area contributed by atoms with Crippen molar-refractivity contribution in [3.63, 3.8) is 0 Å². The van der Waals surface area contributed by atoms with Crippen LogP contribution in [0, 0.1) is 6.92 Å². The number of aromatic carboxylic acids is 1. The van der Waals surface area contributed by atoms with Crippen LogP contribution in [0.1, 0.15) is 21.5 Å². The van der Waals surface area contributed by atoms with Crippen molar-refractivity contribution >= 4 is 12.0 Å². The first-order valence-electron chi connectivity index (χ1n) is 8.47. The lowest BCUT2D eigenvalue weighted by Crippen LogP contribution is -2.50. The van der Waals surface area contributed by atoms with Gasteiger partial charge in [0.05, 0.1) is 37.6 Å². The molecule has 0 bridgehead atoms. The number of carboxylic acids is 1. The quantitative estimate of drug-likeness (QED) is 0.844. The van der Waals surface area contributed by atoms with Crippen LogP contribution < -0.4 is 5.32 Å². The van der Waals surface area contributed by atoms with Gasteiger partial charge in [-0.25, -0.2) is 9.59 Å². The number of amides is 2. The summed E-state index contributed by atoms with van der Waals surface area (Å²) in [5.74, 6) is -0.965. The van der Waals surface area contributed by atoms with Crippen molar-refractivity contribution in [3.8, 4) is 0 Å². The van der Waals surface area contributed by atoms with Gasteiger partial charge in [-0.05, 0) is 30.2 Å². The predicted octanol–water partition coefficient (Wildman–Crippen LogP) is 1.50. The highest BCUT2D eigenvalue weighted by Crippen LogP contribution is 2.09. The molecule has 0 aliphatic carbocycles. The van der Waals surface area contributed by atoms with Gasteiger partial charge in [-0.3, -0.25) is 4.68 Å². The molecule has 1 unspecified atom stereocenters. The van der Waals surface area contributed by atoms with E-state index >= 15 is 0 Å². The molecule has 1 saturated heterocycles. The van der Waals surface area contributed by atoms with Crippen molar-refractivity contribution in [2.24, 2.45) is 0 Å². The zero-order chi connectivity index (χ0) is 18.5. The van der Waals surface area contributed by atoms with Gasteiger partial charge in [0, 0.05) is 19.3 Å².